The predicted octanol–water partition coefficient (Wildman–Crippen LogP) is 2.70. The van der Waals surface area contributed by atoms with Crippen LogP contribution in [0.1, 0.15) is 24.2 Å². The minimum absolute atomic E-state index is 0.112. The third-order valence-corrected chi connectivity index (χ3v) is 2.37. The Morgan fingerprint density at radius 3 is 2.48 bits per heavy atom. The van der Waals surface area contributed by atoms with Crippen LogP contribution in [0.15, 0.2) is 12.1 Å². The van der Waals surface area contributed by atoms with Crippen LogP contribution < -0.4 is 0 Å². The van der Waals surface area contributed by atoms with E-state index < -0.39 is 33.8 Å². The molecule has 0 saturated carbocycles. The maximum atomic E-state index is 13.1. The topological polar surface area (TPSA) is 78.7 Å². The fraction of sp³-hybridized carbons (Fsp3) is 0.462. The third kappa shape index (κ3) is 5.07. The number of benzene rings is 1. The molecule has 1 rings (SSSR count). The van der Waals surface area contributed by atoms with Crippen molar-refractivity contribution in [2.24, 2.45) is 5.92 Å². The molecule has 0 aliphatic rings. The first-order valence-electron chi connectivity index (χ1n) is 6.21. The second-order valence-corrected chi connectivity index (χ2v) is 4.65. The summed E-state index contributed by atoms with van der Waals surface area (Å²) in [5.74, 6) is -3.55. The molecule has 0 N–H and O–H groups in total. The third-order valence-electron chi connectivity index (χ3n) is 2.37. The summed E-state index contributed by atoms with van der Waals surface area (Å²) in [6, 6.07) is 0.798. The Morgan fingerprint density at radius 2 is 1.90 bits per heavy atom. The zero-order chi connectivity index (χ0) is 16.0. The van der Waals surface area contributed by atoms with Crippen LogP contribution in [0.3, 0.4) is 0 Å². The van der Waals surface area contributed by atoms with Crippen molar-refractivity contribution in [3.05, 3.63) is 39.4 Å². The van der Waals surface area contributed by atoms with Gasteiger partial charge in [0.1, 0.15) is 12.2 Å². The zero-order valence-corrected chi connectivity index (χ0v) is 11.6. The summed E-state index contributed by atoms with van der Waals surface area (Å²) < 4.78 is 35.9. The van der Waals surface area contributed by atoms with E-state index in [2.05, 4.69) is 0 Å². The largest absolute Gasteiger partial charge is 0.459 e. The van der Waals surface area contributed by atoms with E-state index in [9.17, 15) is 23.7 Å². The Balaban J connectivity index is 2.69. The fourth-order valence-corrected chi connectivity index (χ4v) is 1.44. The first-order valence-corrected chi connectivity index (χ1v) is 6.21. The molecule has 0 aliphatic carbocycles. The van der Waals surface area contributed by atoms with Gasteiger partial charge in [0.05, 0.1) is 17.6 Å². The average molecular weight is 303 g/mol. The molecule has 0 aliphatic heterocycles. The SMILES string of the molecule is CC(C)COCCOC(=O)c1cc(F)c(F)cc1[N+](=O)[O-]. The van der Waals surface area contributed by atoms with Crippen LogP contribution >= 0.6 is 0 Å². The molecule has 21 heavy (non-hydrogen) atoms. The Hall–Kier alpha value is -2.09. The van der Waals surface area contributed by atoms with Gasteiger partial charge in [-0.15, -0.1) is 0 Å². The van der Waals surface area contributed by atoms with Gasteiger partial charge in [-0.2, -0.15) is 0 Å². The van der Waals surface area contributed by atoms with Gasteiger partial charge in [0.15, 0.2) is 11.6 Å². The minimum atomic E-state index is -1.40. The molecule has 116 valence electrons. The summed E-state index contributed by atoms with van der Waals surface area (Å²) in [6.45, 7) is 4.33. The van der Waals surface area contributed by atoms with Gasteiger partial charge < -0.3 is 9.47 Å². The second-order valence-electron chi connectivity index (χ2n) is 4.65. The zero-order valence-electron chi connectivity index (χ0n) is 11.6. The molecule has 1 aromatic rings. The molecule has 0 fully saturated rings. The lowest BCUT2D eigenvalue weighted by Gasteiger charge is -2.08. The van der Waals surface area contributed by atoms with Crippen LogP contribution in [0.5, 0.6) is 0 Å². The molecule has 8 heteroatoms. The number of ether oxygens (including phenoxy) is 2. The predicted molar refractivity (Wildman–Crippen MR) is 69.0 cm³/mol. The van der Waals surface area contributed by atoms with E-state index >= 15 is 0 Å². The first kappa shape index (κ1) is 17.0. The molecule has 0 atom stereocenters. The van der Waals surface area contributed by atoms with Crippen molar-refractivity contribution in [1.29, 1.82) is 0 Å². The van der Waals surface area contributed by atoms with E-state index in [1.54, 1.807) is 0 Å². The molecule has 0 spiro atoms. The van der Waals surface area contributed by atoms with Gasteiger partial charge in [-0.3, -0.25) is 10.1 Å². The Kier molecular flexibility index (Phi) is 6.16. The molecule has 0 amide bonds. The number of nitro groups is 1. The minimum Gasteiger partial charge on any atom is -0.459 e. The normalized spacial score (nSPS) is 10.7. The summed E-state index contributed by atoms with van der Waals surface area (Å²) in [5, 5.41) is 10.7. The Bertz CT molecular complexity index is 534. The standard InChI is InChI=1S/C13H15F2NO5/c1-8(2)7-20-3-4-21-13(17)9-5-10(14)11(15)6-12(9)16(18)19/h5-6,8H,3-4,7H2,1-2H3. The van der Waals surface area contributed by atoms with Gasteiger partial charge in [0.2, 0.25) is 0 Å². The van der Waals surface area contributed by atoms with Gasteiger partial charge in [-0.25, -0.2) is 13.6 Å². The molecule has 0 unspecified atom stereocenters. The van der Waals surface area contributed by atoms with E-state index in [0.29, 0.717) is 24.7 Å². The van der Waals surface area contributed by atoms with E-state index in [0.717, 1.165) is 0 Å². The molecule has 0 saturated heterocycles. The van der Waals surface area contributed by atoms with Crippen LogP contribution in [0, 0.1) is 27.7 Å². The smallest absolute Gasteiger partial charge is 0.345 e. The molecule has 0 bridgehead atoms. The van der Waals surface area contributed by atoms with Crippen molar-refractivity contribution in [1.82, 2.24) is 0 Å². The molecule has 0 heterocycles. The van der Waals surface area contributed by atoms with E-state index in [1.807, 2.05) is 13.8 Å². The summed E-state index contributed by atoms with van der Waals surface area (Å²) in [5.41, 5.74) is -1.48. The van der Waals surface area contributed by atoms with E-state index in [1.165, 1.54) is 0 Å². The number of nitrogens with zero attached hydrogens (tertiary/aromatic N) is 1. The van der Waals surface area contributed by atoms with Crippen LogP contribution in [0.2, 0.25) is 0 Å². The summed E-state index contributed by atoms with van der Waals surface area (Å²) >= 11 is 0. The summed E-state index contributed by atoms with van der Waals surface area (Å²) in [7, 11) is 0. The monoisotopic (exact) mass is 303 g/mol. The van der Waals surface area contributed by atoms with Crippen molar-refractivity contribution >= 4 is 11.7 Å². The van der Waals surface area contributed by atoms with Crippen LogP contribution in [-0.2, 0) is 9.47 Å². The number of rotatable bonds is 7. The summed E-state index contributed by atoms with van der Waals surface area (Å²) in [6.07, 6.45) is 0. The summed E-state index contributed by atoms with van der Waals surface area (Å²) in [4.78, 5) is 21.4. The molecular formula is C13H15F2NO5. The van der Waals surface area contributed by atoms with Crippen molar-refractivity contribution in [3.63, 3.8) is 0 Å². The van der Waals surface area contributed by atoms with Gasteiger partial charge in [0.25, 0.3) is 5.69 Å². The maximum Gasteiger partial charge on any atom is 0.345 e. The average Bonchev–Trinajstić information content (AvgIpc) is 2.40. The molecule has 1 aromatic carbocycles. The van der Waals surface area contributed by atoms with Gasteiger partial charge in [0, 0.05) is 6.61 Å². The lowest BCUT2D eigenvalue weighted by atomic mass is 10.1. The highest BCUT2D eigenvalue weighted by molar-refractivity contribution is 5.93. The second kappa shape index (κ2) is 7.63. The lowest BCUT2D eigenvalue weighted by Crippen LogP contribution is -2.14. The van der Waals surface area contributed by atoms with Crippen LogP contribution in [0.25, 0.3) is 0 Å². The van der Waals surface area contributed by atoms with Gasteiger partial charge in [-0.1, -0.05) is 13.8 Å². The fourth-order valence-electron chi connectivity index (χ4n) is 1.44. The Morgan fingerprint density at radius 1 is 1.29 bits per heavy atom. The van der Waals surface area contributed by atoms with Crippen molar-refractivity contribution in [2.45, 2.75) is 13.8 Å². The number of carbonyl (C=O) groups is 1. The number of halogens is 2. The number of hydrogen-bond donors (Lipinski definition) is 0. The van der Waals surface area contributed by atoms with Crippen LogP contribution in [0.4, 0.5) is 14.5 Å². The Labute approximate surface area is 119 Å². The number of hydrogen-bond acceptors (Lipinski definition) is 5. The number of esters is 1. The lowest BCUT2D eigenvalue weighted by molar-refractivity contribution is -0.385. The molecular weight excluding hydrogens is 288 g/mol. The highest BCUT2D eigenvalue weighted by atomic mass is 19.2. The quantitative estimate of drug-likeness (QED) is 0.335. The van der Waals surface area contributed by atoms with E-state index in [4.69, 9.17) is 9.47 Å². The van der Waals surface area contributed by atoms with Gasteiger partial charge >= 0.3 is 5.97 Å². The molecule has 0 aromatic heterocycles. The molecule has 0 radical (unpaired) electrons. The highest BCUT2D eigenvalue weighted by Crippen LogP contribution is 2.23. The number of carbonyl (C=O) groups excluding carboxylic acids is 1. The van der Waals surface area contributed by atoms with Crippen molar-refractivity contribution in [3.8, 4) is 0 Å². The highest BCUT2D eigenvalue weighted by Gasteiger charge is 2.25. The maximum absolute atomic E-state index is 13.1. The number of nitro benzene ring substituents is 1. The van der Waals surface area contributed by atoms with Crippen molar-refractivity contribution < 1.29 is 28.0 Å². The van der Waals surface area contributed by atoms with E-state index in [-0.39, 0.29) is 13.2 Å². The molecule has 6 nitrogen and oxygen atoms in total. The van der Waals surface area contributed by atoms with Crippen molar-refractivity contribution in [2.75, 3.05) is 19.8 Å². The van der Waals surface area contributed by atoms with Gasteiger partial charge in [-0.05, 0) is 12.0 Å². The first-order chi connectivity index (χ1) is 9.82. The van der Waals surface area contributed by atoms with Crippen LogP contribution in [-0.4, -0.2) is 30.7 Å².